The molecule has 9 aromatic rings. The van der Waals surface area contributed by atoms with Crippen LogP contribution in [0.3, 0.4) is 0 Å². The molecule has 1 heterocycles. The van der Waals surface area contributed by atoms with Crippen molar-refractivity contribution in [3.63, 3.8) is 0 Å². The summed E-state index contributed by atoms with van der Waals surface area (Å²) in [6, 6.07) is 66.6. The van der Waals surface area contributed by atoms with Crippen molar-refractivity contribution in [1.82, 2.24) is 4.57 Å². The fourth-order valence-electron chi connectivity index (χ4n) is 8.68. The standard InChI is InChI=1S/C49H36N2/c1-49(2)40-27-14-11-25-38(40)47-37-24-10-9-23-36(37)46(32-41(47)49)51(42-28-15-12-22-35(42)33-18-5-3-6-19-33)45-31-17-30-44-48(45)39-26-13-16-29-43(39)50(44)34-20-7-4-8-21-34/h3-32H,1-2H3. The number of nitrogens with zero attached hydrogens (tertiary/aromatic N) is 2. The molecule has 0 unspecified atom stereocenters. The molecule has 0 saturated carbocycles. The molecule has 51 heavy (non-hydrogen) atoms. The van der Waals surface area contributed by atoms with Crippen molar-refractivity contribution in [3.05, 3.63) is 193 Å². The second-order valence-electron chi connectivity index (χ2n) is 14.1. The lowest BCUT2D eigenvalue weighted by Gasteiger charge is -2.32. The van der Waals surface area contributed by atoms with E-state index < -0.39 is 0 Å². The van der Waals surface area contributed by atoms with Gasteiger partial charge in [0.2, 0.25) is 0 Å². The van der Waals surface area contributed by atoms with Gasteiger partial charge in [0.05, 0.1) is 28.1 Å². The summed E-state index contributed by atoms with van der Waals surface area (Å²) in [4.78, 5) is 2.55. The number of aromatic nitrogens is 1. The zero-order chi connectivity index (χ0) is 34.1. The van der Waals surface area contributed by atoms with Gasteiger partial charge >= 0.3 is 0 Å². The Bertz CT molecular complexity index is 2770. The van der Waals surface area contributed by atoms with E-state index in [0.29, 0.717) is 0 Å². The van der Waals surface area contributed by atoms with Crippen molar-refractivity contribution < 1.29 is 0 Å². The zero-order valence-corrected chi connectivity index (χ0v) is 28.7. The normalized spacial score (nSPS) is 13.1. The SMILES string of the molecule is CC1(C)c2ccccc2-c2c1cc(N(c1ccccc1-c1ccccc1)c1cccc3c1c1ccccc1n3-c1ccccc1)c1ccccc21. The highest BCUT2D eigenvalue weighted by atomic mass is 15.2. The van der Waals surface area contributed by atoms with Gasteiger partial charge in [-0.2, -0.15) is 0 Å². The monoisotopic (exact) mass is 652 g/mol. The second-order valence-corrected chi connectivity index (χ2v) is 14.1. The lowest BCUT2D eigenvalue weighted by molar-refractivity contribution is 0.661. The van der Waals surface area contributed by atoms with Crippen molar-refractivity contribution >= 4 is 49.6 Å². The van der Waals surface area contributed by atoms with Gasteiger partial charge in [-0.25, -0.2) is 0 Å². The first-order valence-corrected chi connectivity index (χ1v) is 17.8. The third kappa shape index (κ3) is 4.36. The summed E-state index contributed by atoms with van der Waals surface area (Å²) in [5.74, 6) is 0. The molecule has 0 spiro atoms. The largest absolute Gasteiger partial charge is 0.309 e. The van der Waals surface area contributed by atoms with Crippen molar-refractivity contribution in [1.29, 1.82) is 0 Å². The second kappa shape index (κ2) is 11.3. The fraction of sp³-hybridized carbons (Fsp3) is 0.0612. The average Bonchev–Trinajstić information content (AvgIpc) is 3.65. The summed E-state index contributed by atoms with van der Waals surface area (Å²) in [7, 11) is 0. The molecule has 0 aliphatic heterocycles. The number of hydrogen-bond acceptors (Lipinski definition) is 1. The Balaban J connectivity index is 1.36. The molecule has 2 nitrogen and oxygen atoms in total. The first kappa shape index (κ1) is 29.5. The number of hydrogen-bond donors (Lipinski definition) is 0. The summed E-state index contributed by atoms with van der Waals surface area (Å²) in [5.41, 5.74) is 14.6. The first-order valence-electron chi connectivity index (χ1n) is 17.8. The maximum absolute atomic E-state index is 2.55. The summed E-state index contributed by atoms with van der Waals surface area (Å²) >= 11 is 0. The lowest BCUT2D eigenvalue weighted by atomic mass is 9.81. The zero-order valence-electron chi connectivity index (χ0n) is 28.7. The van der Waals surface area contributed by atoms with E-state index >= 15 is 0 Å². The van der Waals surface area contributed by atoms with Crippen LogP contribution in [0.1, 0.15) is 25.0 Å². The number of benzene rings is 8. The highest BCUT2D eigenvalue weighted by Gasteiger charge is 2.38. The molecule has 10 rings (SSSR count). The third-order valence-corrected chi connectivity index (χ3v) is 11.0. The predicted octanol–water partition coefficient (Wildman–Crippen LogP) is 13.4. The average molecular weight is 653 g/mol. The van der Waals surface area contributed by atoms with Gasteiger partial charge < -0.3 is 9.47 Å². The number of fused-ring (bicyclic) bond motifs is 8. The Hall–Kier alpha value is -6.38. The van der Waals surface area contributed by atoms with Gasteiger partial charge in [-0.15, -0.1) is 0 Å². The first-order chi connectivity index (χ1) is 25.1. The van der Waals surface area contributed by atoms with E-state index in [0.717, 1.165) is 17.1 Å². The summed E-state index contributed by atoms with van der Waals surface area (Å²) < 4.78 is 2.41. The van der Waals surface area contributed by atoms with Gasteiger partial charge in [0.25, 0.3) is 0 Å². The molecule has 0 bridgehead atoms. The molecule has 2 heteroatoms. The molecule has 242 valence electrons. The van der Waals surface area contributed by atoms with Gasteiger partial charge in [0.15, 0.2) is 0 Å². The summed E-state index contributed by atoms with van der Waals surface area (Å²) in [5, 5.41) is 4.97. The highest BCUT2D eigenvalue weighted by molar-refractivity contribution is 6.19. The topological polar surface area (TPSA) is 8.17 Å². The summed E-state index contributed by atoms with van der Waals surface area (Å²) in [6.07, 6.45) is 0. The Morgan fingerprint density at radius 2 is 1.02 bits per heavy atom. The van der Waals surface area contributed by atoms with E-state index in [9.17, 15) is 0 Å². The molecule has 8 aromatic carbocycles. The van der Waals surface area contributed by atoms with Gasteiger partial charge in [0.1, 0.15) is 0 Å². The number of anilines is 3. The molecule has 1 aliphatic rings. The number of rotatable bonds is 5. The van der Waals surface area contributed by atoms with Crippen LogP contribution in [0.2, 0.25) is 0 Å². The maximum atomic E-state index is 2.55. The Morgan fingerprint density at radius 1 is 0.431 bits per heavy atom. The van der Waals surface area contributed by atoms with Crippen LogP contribution in [0.4, 0.5) is 17.1 Å². The van der Waals surface area contributed by atoms with Crippen molar-refractivity contribution in [2.24, 2.45) is 0 Å². The van der Waals surface area contributed by atoms with Crippen LogP contribution in [-0.2, 0) is 5.41 Å². The minimum atomic E-state index is -0.162. The minimum Gasteiger partial charge on any atom is -0.309 e. The van der Waals surface area contributed by atoms with Crippen LogP contribution in [0, 0.1) is 0 Å². The fourth-order valence-corrected chi connectivity index (χ4v) is 8.68. The molecule has 0 atom stereocenters. The van der Waals surface area contributed by atoms with Crippen molar-refractivity contribution in [3.8, 4) is 27.9 Å². The van der Waals surface area contributed by atoms with Crippen molar-refractivity contribution in [2.75, 3.05) is 4.90 Å². The van der Waals surface area contributed by atoms with Gasteiger partial charge in [-0.3, -0.25) is 0 Å². The van der Waals surface area contributed by atoms with Crippen molar-refractivity contribution in [2.45, 2.75) is 19.3 Å². The van der Waals surface area contributed by atoms with Crippen LogP contribution in [0.25, 0.3) is 60.5 Å². The van der Waals surface area contributed by atoms with Crippen LogP contribution in [0.5, 0.6) is 0 Å². The Labute approximate surface area is 298 Å². The van der Waals surface area contributed by atoms with E-state index in [1.807, 2.05) is 0 Å². The molecule has 0 N–H and O–H groups in total. The molecule has 0 radical (unpaired) electrons. The van der Waals surface area contributed by atoms with Crippen LogP contribution in [-0.4, -0.2) is 4.57 Å². The minimum absolute atomic E-state index is 0.162. The van der Waals surface area contributed by atoms with E-state index in [2.05, 4.69) is 205 Å². The van der Waals surface area contributed by atoms with E-state index in [4.69, 9.17) is 0 Å². The van der Waals surface area contributed by atoms with Crippen LogP contribution in [0.15, 0.2) is 182 Å². The van der Waals surface area contributed by atoms with E-state index in [1.165, 1.54) is 71.6 Å². The Morgan fingerprint density at radius 3 is 1.82 bits per heavy atom. The molecule has 1 aliphatic carbocycles. The quantitative estimate of drug-likeness (QED) is 0.180. The van der Waals surface area contributed by atoms with Gasteiger partial charge in [0, 0.05) is 32.8 Å². The van der Waals surface area contributed by atoms with E-state index in [1.54, 1.807) is 0 Å². The lowest BCUT2D eigenvalue weighted by Crippen LogP contribution is -2.17. The van der Waals surface area contributed by atoms with Crippen LogP contribution < -0.4 is 4.90 Å². The smallest absolute Gasteiger partial charge is 0.0562 e. The Kier molecular flexibility index (Phi) is 6.56. The maximum Gasteiger partial charge on any atom is 0.0562 e. The van der Waals surface area contributed by atoms with Gasteiger partial charge in [-0.05, 0) is 75.7 Å². The highest BCUT2D eigenvalue weighted by Crippen LogP contribution is 2.55. The predicted molar refractivity (Wildman–Crippen MR) is 216 cm³/mol. The summed E-state index contributed by atoms with van der Waals surface area (Å²) in [6.45, 7) is 4.76. The molecular weight excluding hydrogens is 617 g/mol. The molecule has 0 amide bonds. The molecule has 1 aromatic heterocycles. The van der Waals surface area contributed by atoms with Crippen LogP contribution >= 0.6 is 0 Å². The number of para-hydroxylation sites is 3. The van der Waals surface area contributed by atoms with Gasteiger partial charge in [-0.1, -0.05) is 153 Å². The molecule has 0 saturated heterocycles. The third-order valence-electron chi connectivity index (χ3n) is 11.0. The molecule has 0 fully saturated rings. The van der Waals surface area contributed by atoms with E-state index in [-0.39, 0.29) is 5.41 Å². The molecular formula is C49H36N2.